The summed E-state index contributed by atoms with van der Waals surface area (Å²) in [6.45, 7) is 2.27. The topological polar surface area (TPSA) is 86.7 Å². The first kappa shape index (κ1) is 28.4. The number of anilines is 1. The fourth-order valence-corrected chi connectivity index (χ4v) is 4.82. The Bertz CT molecular complexity index is 1440. The van der Waals surface area contributed by atoms with Gasteiger partial charge in [-0.2, -0.15) is 0 Å². The number of ether oxygens (including phenoxy) is 5. The number of aliphatic carboxylic acids is 1. The van der Waals surface area contributed by atoms with Gasteiger partial charge >= 0.3 is 5.97 Å². The predicted octanol–water partition coefficient (Wildman–Crippen LogP) is 6.17. The molecule has 0 aliphatic heterocycles. The summed E-state index contributed by atoms with van der Waals surface area (Å²) >= 11 is 0. The number of carboxylic acid groups (broad SMARTS) is 1. The Morgan fingerprint density at radius 1 is 0.825 bits per heavy atom. The van der Waals surface area contributed by atoms with E-state index in [1.807, 2.05) is 80.5 Å². The van der Waals surface area contributed by atoms with Crippen molar-refractivity contribution in [2.75, 3.05) is 47.4 Å². The standard InChI is InChI=1S/C32H35NO7/c1-19-23(25-15-27(36-4)28(37-5)16-26(25)24(19)17-31(34)35)12-21-13-29(38-6)32(30(14-21)39-7)40-18-20-8-10-22(11-9-20)33(2)3/h8-16H,17-18H2,1-7H3,(H,34,35). The minimum Gasteiger partial charge on any atom is -0.493 e. The van der Waals surface area contributed by atoms with Gasteiger partial charge in [0.05, 0.1) is 34.9 Å². The monoisotopic (exact) mass is 545 g/mol. The summed E-state index contributed by atoms with van der Waals surface area (Å²) in [4.78, 5) is 13.8. The van der Waals surface area contributed by atoms with E-state index in [4.69, 9.17) is 23.7 Å². The van der Waals surface area contributed by atoms with Gasteiger partial charge in [-0.3, -0.25) is 4.79 Å². The lowest BCUT2D eigenvalue weighted by Gasteiger charge is -2.17. The lowest BCUT2D eigenvalue weighted by molar-refractivity contribution is -0.135. The van der Waals surface area contributed by atoms with Crippen LogP contribution in [-0.4, -0.2) is 53.6 Å². The van der Waals surface area contributed by atoms with Crippen LogP contribution in [0.4, 0.5) is 5.69 Å². The van der Waals surface area contributed by atoms with Crippen molar-refractivity contribution in [3.8, 4) is 28.7 Å². The van der Waals surface area contributed by atoms with Gasteiger partial charge < -0.3 is 33.7 Å². The molecule has 0 heterocycles. The number of hydrogen-bond donors (Lipinski definition) is 1. The second-order valence-corrected chi connectivity index (χ2v) is 9.59. The number of methoxy groups -OCH3 is 4. The molecule has 0 fully saturated rings. The molecule has 3 aromatic rings. The maximum atomic E-state index is 11.7. The highest BCUT2D eigenvalue weighted by molar-refractivity contribution is 6.08. The molecule has 0 saturated carbocycles. The fourth-order valence-electron chi connectivity index (χ4n) is 4.82. The normalized spacial score (nSPS) is 13.2. The molecule has 1 N–H and O–H groups in total. The molecular weight excluding hydrogens is 510 g/mol. The van der Waals surface area contributed by atoms with Crippen molar-refractivity contribution in [3.63, 3.8) is 0 Å². The summed E-state index contributed by atoms with van der Waals surface area (Å²) in [5.74, 6) is 1.75. The zero-order valence-electron chi connectivity index (χ0n) is 24.0. The van der Waals surface area contributed by atoms with Crippen LogP contribution >= 0.6 is 0 Å². The van der Waals surface area contributed by atoms with Gasteiger partial charge in [0.15, 0.2) is 23.0 Å². The third-order valence-corrected chi connectivity index (χ3v) is 6.95. The SMILES string of the molecule is COc1cc2c(cc1OC)C(CC(=O)O)=C(C)C2=Cc1cc(OC)c(OCc2ccc(N(C)C)cc2)c(OC)c1. The zero-order valence-corrected chi connectivity index (χ0v) is 24.0. The van der Waals surface area contributed by atoms with Crippen molar-refractivity contribution < 1.29 is 33.6 Å². The Labute approximate surface area is 235 Å². The van der Waals surface area contributed by atoms with Crippen LogP contribution in [-0.2, 0) is 11.4 Å². The van der Waals surface area contributed by atoms with Crippen LogP contribution < -0.4 is 28.6 Å². The number of nitrogens with zero attached hydrogens (tertiary/aromatic N) is 1. The number of rotatable bonds is 11. The molecule has 1 aliphatic rings. The first-order valence-corrected chi connectivity index (χ1v) is 12.8. The van der Waals surface area contributed by atoms with E-state index < -0.39 is 5.97 Å². The van der Waals surface area contributed by atoms with E-state index in [1.54, 1.807) is 28.4 Å². The average Bonchev–Trinajstić information content (AvgIpc) is 3.19. The molecule has 3 aromatic carbocycles. The van der Waals surface area contributed by atoms with Crippen LogP contribution in [0.2, 0.25) is 0 Å². The highest BCUT2D eigenvalue weighted by Gasteiger charge is 2.28. The maximum absolute atomic E-state index is 11.7. The third-order valence-electron chi connectivity index (χ3n) is 6.95. The van der Waals surface area contributed by atoms with Crippen molar-refractivity contribution in [1.82, 2.24) is 0 Å². The molecule has 0 bridgehead atoms. The highest BCUT2D eigenvalue weighted by atomic mass is 16.5. The van der Waals surface area contributed by atoms with Crippen LogP contribution in [0.3, 0.4) is 0 Å². The van der Waals surface area contributed by atoms with E-state index >= 15 is 0 Å². The Hall–Kier alpha value is -4.59. The third kappa shape index (κ3) is 5.71. The smallest absolute Gasteiger partial charge is 0.307 e. The summed E-state index contributed by atoms with van der Waals surface area (Å²) < 4.78 is 28.6. The molecule has 8 nitrogen and oxygen atoms in total. The number of hydrogen-bond acceptors (Lipinski definition) is 7. The Balaban J connectivity index is 1.74. The van der Waals surface area contributed by atoms with Crippen molar-refractivity contribution in [2.24, 2.45) is 0 Å². The Morgan fingerprint density at radius 2 is 1.38 bits per heavy atom. The minimum absolute atomic E-state index is 0.111. The molecule has 40 heavy (non-hydrogen) atoms. The van der Waals surface area contributed by atoms with E-state index in [-0.39, 0.29) is 6.42 Å². The van der Waals surface area contributed by atoms with E-state index in [0.29, 0.717) is 35.4 Å². The van der Waals surface area contributed by atoms with E-state index in [2.05, 4.69) is 0 Å². The molecule has 0 atom stereocenters. The van der Waals surface area contributed by atoms with Crippen molar-refractivity contribution in [3.05, 3.63) is 76.4 Å². The second-order valence-electron chi connectivity index (χ2n) is 9.59. The summed E-state index contributed by atoms with van der Waals surface area (Å²) in [6, 6.07) is 15.6. The quantitative estimate of drug-likeness (QED) is 0.306. The van der Waals surface area contributed by atoms with Gasteiger partial charge in [-0.15, -0.1) is 0 Å². The highest BCUT2D eigenvalue weighted by Crippen LogP contribution is 2.48. The number of carboxylic acids is 1. The lowest BCUT2D eigenvalue weighted by atomic mass is 9.99. The molecule has 0 unspecified atom stereocenters. The molecule has 4 rings (SSSR count). The van der Waals surface area contributed by atoms with Crippen LogP contribution in [0.15, 0.2) is 54.1 Å². The van der Waals surface area contributed by atoms with Gasteiger partial charge in [0.25, 0.3) is 0 Å². The van der Waals surface area contributed by atoms with Crippen LogP contribution in [0.5, 0.6) is 28.7 Å². The largest absolute Gasteiger partial charge is 0.493 e. The molecule has 0 aromatic heterocycles. The molecule has 0 amide bonds. The molecule has 0 spiro atoms. The summed E-state index contributed by atoms with van der Waals surface area (Å²) in [5.41, 5.74) is 7.08. The molecular formula is C32H35NO7. The first-order chi connectivity index (χ1) is 19.2. The van der Waals surface area contributed by atoms with Crippen LogP contribution in [0.1, 0.15) is 35.6 Å². The fraction of sp³-hybridized carbons (Fsp3) is 0.281. The predicted molar refractivity (Wildman–Crippen MR) is 157 cm³/mol. The summed E-state index contributed by atoms with van der Waals surface area (Å²) in [7, 11) is 10.3. The minimum atomic E-state index is -0.905. The first-order valence-electron chi connectivity index (χ1n) is 12.8. The average molecular weight is 546 g/mol. The number of benzene rings is 3. The molecule has 1 aliphatic carbocycles. The molecule has 0 radical (unpaired) electrons. The molecule has 0 saturated heterocycles. The Morgan fingerprint density at radius 3 is 1.88 bits per heavy atom. The summed E-state index contributed by atoms with van der Waals surface area (Å²) in [5, 5.41) is 9.60. The van der Waals surface area contributed by atoms with Crippen LogP contribution in [0, 0.1) is 0 Å². The Kier molecular flexibility index (Phi) is 8.58. The molecule has 210 valence electrons. The maximum Gasteiger partial charge on any atom is 0.307 e. The lowest BCUT2D eigenvalue weighted by Crippen LogP contribution is -2.08. The van der Waals surface area contributed by atoms with Gasteiger partial charge in [0.2, 0.25) is 5.75 Å². The van der Waals surface area contributed by atoms with Gasteiger partial charge in [-0.05, 0) is 88.4 Å². The van der Waals surface area contributed by atoms with Gasteiger partial charge in [0.1, 0.15) is 6.61 Å². The van der Waals surface area contributed by atoms with Gasteiger partial charge in [-0.25, -0.2) is 0 Å². The molecule has 8 heteroatoms. The van der Waals surface area contributed by atoms with E-state index in [9.17, 15) is 9.90 Å². The van der Waals surface area contributed by atoms with E-state index in [1.165, 1.54) is 0 Å². The van der Waals surface area contributed by atoms with Crippen molar-refractivity contribution >= 4 is 28.9 Å². The second kappa shape index (κ2) is 12.1. The summed E-state index contributed by atoms with van der Waals surface area (Å²) in [6.07, 6.45) is 1.88. The van der Waals surface area contributed by atoms with E-state index in [0.717, 1.165) is 44.7 Å². The van der Waals surface area contributed by atoms with Gasteiger partial charge in [-0.1, -0.05) is 12.1 Å². The van der Waals surface area contributed by atoms with Crippen molar-refractivity contribution in [2.45, 2.75) is 20.0 Å². The zero-order chi connectivity index (χ0) is 29.0. The van der Waals surface area contributed by atoms with Crippen LogP contribution in [0.25, 0.3) is 17.2 Å². The van der Waals surface area contributed by atoms with Crippen molar-refractivity contribution in [1.29, 1.82) is 0 Å². The van der Waals surface area contributed by atoms with Gasteiger partial charge in [0, 0.05) is 19.8 Å². The number of allylic oxidation sites excluding steroid dienone is 2. The number of carbonyl (C=O) groups is 1. The number of fused-ring (bicyclic) bond motifs is 1.